The zero-order chi connectivity index (χ0) is 13.4. The molecule has 0 unspecified atom stereocenters. The summed E-state index contributed by atoms with van der Waals surface area (Å²) in [4.78, 5) is 12.0. The minimum atomic E-state index is -0.307. The summed E-state index contributed by atoms with van der Waals surface area (Å²) >= 11 is 3.42. The molecule has 19 heavy (non-hydrogen) atoms. The van der Waals surface area contributed by atoms with Gasteiger partial charge in [-0.25, -0.2) is 4.79 Å². The number of hydrogen-bond acceptors (Lipinski definition) is 2. The Morgan fingerprint density at radius 2 is 1.74 bits per heavy atom. The van der Waals surface area contributed by atoms with Crippen LogP contribution >= 0.6 is 15.9 Å². The topological polar surface area (TPSA) is 30.2 Å². The van der Waals surface area contributed by atoms with Crippen LogP contribution in [-0.4, -0.2) is 0 Å². The van der Waals surface area contributed by atoms with Gasteiger partial charge in [-0.05, 0) is 36.8 Å². The Labute approximate surface area is 118 Å². The van der Waals surface area contributed by atoms with Gasteiger partial charge in [-0.2, -0.15) is 0 Å². The highest BCUT2D eigenvalue weighted by molar-refractivity contribution is 9.10. The zero-order valence-electron chi connectivity index (χ0n) is 10.3. The fourth-order valence-corrected chi connectivity index (χ4v) is 2.41. The molecule has 0 amide bonds. The fraction of sp³-hybridized carbons (Fsp3) is 0.0625. The summed E-state index contributed by atoms with van der Waals surface area (Å²) in [6.45, 7) is 2.02. The molecule has 0 atom stereocenters. The Morgan fingerprint density at radius 3 is 2.47 bits per heavy atom. The molecule has 2 aromatic carbocycles. The van der Waals surface area contributed by atoms with Gasteiger partial charge >= 0.3 is 5.63 Å². The van der Waals surface area contributed by atoms with Crippen molar-refractivity contribution < 1.29 is 4.42 Å². The van der Waals surface area contributed by atoms with Crippen molar-refractivity contribution in [2.75, 3.05) is 0 Å². The van der Waals surface area contributed by atoms with E-state index in [1.165, 1.54) is 0 Å². The van der Waals surface area contributed by atoms with Crippen LogP contribution in [0.4, 0.5) is 0 Å². The molecule has 0 N–H and O–H groups in total. The van der Waals surface area contributed by atoms with Gasteiger partial charge < -0.3 is 4.42 Å². The molecule has 0 spiro atoms. The van der Waals surface area contributed by atoms with Crippen LogP contribution in [0.15, 0.2) is 62.2 Å². The molecule has 3 rings (SSSR count). The third-order valence-electron chi connectivity index (χ3n) is 3.06. The first-order valence-corrected chi connectivity index (χ1v) is 6.73. The zero-order valence-corrected chi connectivity index (χ0v) is 11.9. The van der Waals surface area contributed by atoms with Gasteiger partial charge in [-0.1, -0.05) is 45.8 Å². The van der Waals surface area contributed by atoms with Crippen molar-refractivity contribution in [1.82, 2.24) is 0 Å². The lowest BCUT2D eigenvalue weighted by Gasteiger charge is -2.03. The van der Waals surface area contributed by atoms with Crippen LogP contribution in [0.5, 0.6) is 0 Å². The molecule has 1 heterocycles. The molecule has 94 valence electrons. The molecule has 3 aromatic rings. The van der Waals surface area contributed by atoms with Crippen LogP contribution in [0, 0.1) is 6.92 Å². The minimum Gasteiger partial charge on any atom is -0.422 e. The summed E-state index contributed by atoms with van der Waals surface area (Å²) in [5.74, 6) is 0. The van der Waals surface area contributed by atoms with Crippen LogP contribution in [0.3, 0.4) is 0 Å². The van der Waals surface area contributed by atoms with Gasteiger partial charge in [0, 0.05) is 9.86 Å². The monoisotopic (exact) mass is 314 g/mol. The SMILES string of the molecule is Cc1ccc(-c2cc3cc(Br)ccc3oc2=O)cc1. The maximum Gasteiger partial charge on any atom is 0.344 e. The average molecular weight is 315 g/mol. The van der Waals surface area contributed by atoms with E-state index < -0.39 is 0 Å². The summed E-state index contributed by atoms with van der Waals surface area (Å²) in [7, 11) is 0. The molecule has 0 aliphatic heterocycles. The Morgan fingerprint density at radius 1 is 1.00 bits per heavy atom. The number of rotatable bonds is 1. The molecule has 0 saturated heterocycles. The van der Waals surface area contributed by atoms with E-state index in [-0.39, 0.29) is 5.63 Å². The second-order valence-electron chi connectivity index (χ2n) is 4.50. The molecule has 0 radical (unpaired) electrons. The van der Waals surface area contributed by atoms with Crippen LogP contribution in [0.2, 0.25) is 0 Å². The van der Waals surface area contributed by atoms with E-state index in [1.54, 1.807) is 6.07 Å². The first-order chi connectivity index (χ1) is 9.13. The minimum absolute atomic E-state index is 0.307. The van der Waals surface area contributed by atoms with Crippen molar-refractivity contribution in [2.24, 2.45) is 0 Å². The molecule has 0 fully saturated rings. The normalized spacial score (nSPS) is 10.8. The van der Waals surface area contributed by atoms with E-state index in [9.17, 15) is 4.79 Å². The number of fused-ring (bicyclic) bond motifs is 1. The van der Waals surface area contributed by atoms with Crippen molar-refractivity contribution in [2.45, 2.75) is 6.92 Å². The lowest BCUT2D eigenvalue weighted by Crippen LogP contribution is -2.02. The first kappa shape index (κ1) is 12.2. The Kier molecular flexibility index (Phi) is 2.99. The third-order valence-corrected chi connectivity index (χ3v) is 3.55. The molecule has 1 aromatic heterocycles. The maximum absolute atomic E-state index is 12.0. The molecule has 0 bridgehead atoms. The Balaban J connectivity index is 2.26. The van der Waals surface area contributed by atoms with Crippen molar-refractivity contribution in [3.8, 4) is 11.1 Å². The van der Waals surface area contributed by atoms with Crippen molar-refractivity contribution >= 4 is 26.9 Å². The molecule has 0 aliphatic rings. The van der Waals surface area contributed by atoms with Gasteiger partial charge in [-0.15, -0.1) is 0 Å². The average Bonchev–Trinajstić information content (AvgIpc) is 2.40. The molecular formula is C16H11BrO2. The molecular weight excluding hydrogens is 304 g/mol. The van der Waals surface area contributed by atoms with Crippen molar-refractivity contribution in [1.29, 1.82) is 0 Å². The molecule has 3 heteroatoms. The van der Waals surface area contributed by atoms with Crippen LogP contribution < -0.4 is 5.63 Å². The van der Waals surface area contributed by atoms with Crippen LogP contribution in [0.1, 0.15) is 5.56 Å². The fourth-order valence-electron chi connectivity index (χ4n) is 2.03. The third kappa shape index (κ3) is 2.34. The van der Waals surface area contributed by atoms with E-state index in [0.29, 0.717) is 11.1 Å². The van der Waals surface area contributed by atoms with Gasteiger partial charge in [0.1, 0.15) is 5.58 Å². The highest BCUT2D eigenvalue weighted by atomic mass is 79.9. The van der Waals surface area contributed by atoms with Crippen molar-refractivity contribution in [3.05, 3.63) is 69.0 Å². The van der Waals surface area contributed by atoms with Gasteiger partial charge in [0.2, 0.25) is 0 Å². The predicted octanol–water partition coefficient (Wildman–Crippen LogP) is 4.53. The molecule has 2 nitrogen and oxygen atoms in total. The second-order valence-corrected chi connectivity index (χ2v) is 5.41. The van der Waals surface area contributed by atoms with Crippen LogP contribution in [0.25, 0.3) is 22.1 Å². The lowest BCUT2D eigenvalue weighted by atomic mass is 10.0. The van der Waals surface area contributed by atoms with E-state index >= 15 is 0 Å². The largest absolute Gasteiger partial charge is 0.422 e. The summed E-state index contributed by atoms with van der Waals surface area (Å²) in [6.07, 6.45) is 0. The number of halogens is 1. The van der Waals surface area contributed by atoms with E-state index in [1.807, 2.05) is 49.4 Å². The van der Waals surface area contributed by atoms with Crippen LogP contribution in [-0.2, 0) is 0 Å². The summed E-state index contributed by atoms with van der Waals surface area (Å²) in [5.41, 5.74) is 2.92. The predicted molar refractivity (Wildman–Crippen MR) is 80.4 cm³/mol. The Bertz CT molecular complexity index is 801. The van der Waals surface area contributed by atoms with Gasteiger partial charge in [0.25, 0.3) is 0 Å². The number of hydrogen-bond donors (Lipinski definition) is 0. The highest BCUT2D eigenvalue weighted by Gasteiger charge is 2.07. The first-order valence-electron chi connectivity index (χ1n) is 5.94. The summed E-state index contributed by atoms with van der Waals surface area (Å²) in [5, 5.41) is 0.907. The Hall–Kier alpha value is -1.87. The molecule has 0 aliphatic carbocycles. The van der Waals surface area contributed by atoms with E-state index in [2.05, 4.69) is 15.9 Å². The van der Waals surface area contributed by atoms with E-state index in [4.69, 9.17) is 4.42 Å². The second kappa shape index (κ2) is 4.67. The lowest BCUT2D eigenvalue weighted by molar-refractivity contribution is 0.563. The number of benzene rings is 2. The van der Waals surface area contributed by atoms with E-state index in [0.717, 1.165) is 21.0 Å². The van der Waals surface area contributed by atoms with Crippen molar-refractivity contribution in [3.63, 3.8) is 0 Å². The standard InChI is InChI=1S/C16H11BrO2/c1-10-2-4-11(5-3-10)14-9-12-8-13(17)6-7-15(12)19-16(14)18/h2-9H,1H3. The smallest absolute Gasteiger partial charge is 0.344 e. The van der Waals surface area contributed by atoms with Gasteiger partial charge in [0.05, 0.1) is 5.56 Å². The molecule has 0 saturated carbocycles. The maximum atomic E-state index is 12.0. The summed E-state index contributed by atoms with van der Waals surface area (Å²) < 4.78 is 6.32. The van der Waals surface area contributed by atoms with Gasteiger partial charge in [0.15, 0.2) is 0 Å². The quantitative estimate of drug-likeness (QED) is 0.618. The number of aryl methyl sites for hydroxylation is 1. The highest BCUT2D eigenvalue weighted by Crippen LogP contribution is 2.23. The summed E-state index contributed by atoms with van der Waals surface area (Å²) in [6, 6.07) is 15.3. The van der Waals surface area contributed by atoms with Gasteiger partial charge in [-0.3, -0.25) is 0 Å².